The van der Waals surface area contributed by atoms with Crippen LogP contribution >= 0.6 is 0 Å². The minimum absolute atomic E-state index is 0.189. The molecule has 0 heterocycles. The molecule has 0 saturated carbocycles. The van der Waals surface area contributed by atoms with Crippen molar-refractivity contribution in [3.8, 4) is 0 Å². The molecule has 0 aliphatic rings. The fourth-order valence-electron chi connectivity index (χ4n) is 2.34. The molecule has 2 aromatic rings. The summed E-state index contributed by atoms with van der Waals surface area (Å²) in [5.74, 6) is -0.189. The molecule has 0 aliphatic carbocycles. The summed E-state index contributed by atoms with van der Waals surface area (Å²) < 4.78 is 13.3. The maximum absolute atomic E-state index is 13.3. The Morgan fingerprint density at radius 2 is 1.95 bits per heavy atom. The van der Waals surface area contributed by atoms with Gasteiger partial charge in [-0.15, -0.1) is 0 Å². The van der Waals surface area contributed by atoms with Crippen LogP contribution < -0.4 is 0 Å². The first-order valence-corrected chi connectivity index (χ1v) is 7.58. The first-order chi connectivity index (χ1) is 10.5. The Kier molecular flexibility index (Phi) is 5.31. The Bertz CT molecular complexity index is 677. The molecular formula is C19H23FN2. The molecule has 22 heavy (non-hydrogen) atoms. The number of rotatable bonds is 5. The van der Waals surface area contributed by atoms with Gasteiger partial charge in [0.1, 0.15) is 5.82 Å². The topological polar surface area (TPSA) is 15.6 Å². The largest absolute Gasteiger partial charge is 0.366 e. The second-order valence-corrected chi connectivity index (χ2v) is 5.69. The molecule has 0 radical (unpaired) electrons. The van der Waals surface area contributed by atoms with Crippen LogP contribution in [0.25, 0.3) is 0 Å². The summed E-state index contributed by atoms with van der Waals surface area (Å²) in [5.41, 5.74) is 5.47. The Labute approximate surface area is 132 Å². The van der Waals surface area contributed by atoms with Gasteiger partial charge in [-0.2, -0.15) is 0 Å². The number of benzene rings is 2. The summed E-state index contributed by atoms with van der Waals surface area (Å²) in [4.78, 5) is 6.62. The molecule has 0 N–H and O–H groups in total. The Morgan fingerprint density at radius 3 is 2.64 bits per heavy atom. The van der Waals surface area contributed by atoms with Crippen LogP contribution in [0.5, 0.6) is 0 Å². The van der Waals surface area contributed by atoms with E-state index in [4.69, 9.17) is 0 Å². The lowest BCUT2D eigenvalue weighted by Crippen LogP contribution is -2.14. The minimum atomic E-state index is -0.189. The van der Waals surface area contributed by atoms with Crippen LogP contribution in [-0.2, 0) is 6.42 Å². The molecule has 0 bridgehead atoms. The molecule has 3 heteroatoms. The average molecular weight is 298 g/mol. The van der Waals surface area contributed by atoms with E-state index in [0.717, 1.165) is 29.8 Å². The number of aliphatic imine (C=N–C) groups is 1. The quantitative estimate of drug-likeness (QED) is 0.580. The van der Waals surface area contributed by atoms with Gasteiger partial charge in [0.05, 0.1) is 12.0 Å². The second-order valence-electron chi connectivity index (χ2n) is 5.69. The van der Waals surface area contributed by atoms with E-state index in [9.17, 15) is 4.39 Å². The van der Waals surface area contributed by atoms with Gasteiger partial charge < -0.3 is 4.90 Å². The fraction of sp³-hybridized carbons (Fsp3) is 0.316. The van der Waals surface area contributed by atoms with Gasteiger partial charge in [-0.3, -0.25) is 0 Å². The molecule has 116 valence electrons. The zero-order chi connectivity index (χ0) is 16.1. The van der Waals surface area contributed by atoms with Crippen LogP contribution in [0.3, 0.4) is 0 Å². The van der Waals surface area contributed by atoms with Crippen LogP contribution in [0.15, 0.2) is 41.4 Å². The van der Waals surface area contributed by atoms with E-state index in [2.05, 4.69) is 37.9 Å². The van der Waals surface area contributed by atoms with E-state index >= 15 is 0 Å². The highest BCUT2D eigenvalue weighted by molar-refractivity contribution is 5.64. The zero-order valence-corrected chi connectivity index (χ0v) is 13.7. The smallest absolute Gasteiger partial charge is 0.123 e. The highest BCUT2D eigenvalue weighted by Crippen LogP contribution is 2.26. The molecule has 0 aromatic heterocycles. The Morgan fingerprint density at radius 1 is 1.18 bits per heavy atom. The molecule has 0 atom stereocenters. The normalized spacial score (nSPS) is 11.1. The van der Waals surface area contributed by atoms with Crippen molar-refractivity contribution in [2.24, 2.45) is 4.99 Å². The van der Waals surface area contributed by atoms with Crippen LogP contribution in [0.1, 0.15) is 29.2 Å². The fourth-order valence-corrected chi connectivity index (χ4v) is 2.34. The highest BCUT2D eigenvalue weighted by atomic mass is 19.1. The average Bonchev–Trinajstić information content (AvgIpc) is 2.48. The summed E-state index contributed by atoms with van der Waals surface area (Å²) in [5, 5.41) is 0. The van der Waals surface area contributed by atoms with E-state index in [1.54, 1.807) is 12.1 Å². The second kappa shape index (κ2) is 7.21. The minimum Gasteiger partial charge on any atom is -0.366 e. The molecule has 0 aliphatic heterocycles. The number of hydrogen-bond donors (Lipinski definition) is 0. The van der Waals surface area contributed by atoms with Gasteiger partial charge in [0.2, 0.25) is 0 Å². The van der Waals surface area contributed by atoms with Crippen molar-refractivity contribution in [2.45, 2.75) is 27.2 Å². The van der Waals surface area contributed by atoms with Gasteiger partial charge in [-0.25, -0.2) is 9.38 Å². The number of halogens is 1. The lowest BCUT2D eigenvalue weighted by atomic mass is 9.97. The van der Waals surface area contributed by atoms with E-state index in [1.165, 1.54) is 17.2 Å². The standard InChI is InChI=1S/C19H23FN2/c1-5-22(4)13-21-19-10-14(2)9-17(15(19)3)11-16-7-6-8-18(20)12-16/h6-10,12-13H,5,11H2,1-4H3/b21-13+. The van der Waals surface area contributed by atoms with Crippen molar-refractivity contribution in [3.63, 3.8) is 0 Å². The third-order valence-corrected chi connectivity index (χ3v) is 3.81. The zero-order valence-electron chi connectivity index (χ0n) is 13.7. The molecule has 0 fully saturated rings. The van der Waals surface area contributed by atoms with Gasteiger partial charge in [0.25, 0.3) is 0 Å². The van der Waals surface area contributed by atoms with Crippen LogP contribution in [-0.4, -0.2) is 24.8 Å². The predicted molar refractivity (Wildman–Crippen MR) is 91.6 cm³/mol. The highest BCUT2D eigenvalue weighted by Gasteiger charge is 2.07. The summed E-state index contributed by atoms with van der Waals surface area (Å²) in [6.07, 6.45) is 2.57. The van der Waals surface area contributed by atoms with Gasteiger partial charge >= 0.3 is 0 Å². The van der Waals surface area contributed by atoms with Gasteiger partial charge in [-0.1, -0.05) is 18.2 Å². The predicted octanol–water partition coefficient (Wildman–Crippen LogP) is 4.64. The molecule has 0 amide bonds. The number of aryl methyl sites for hydroxylation is 1. The molecular weight excluding hydrogens is 275 g/mol. The molecule has 2 rings (SSSR count). The monoisotopic (exact) mass is 298 g/mol. The van der Waals surface area contributed by atoms with Gasteiger partial charge in [-0.05, 0) is 67.6 Å². The third-order valence-electron chi connectivity index (χ3n) is 3.81. The maximum Gasteiger partial charge on any atom is 0.123 e. The molecule has 2 nitrogen and oxygen atoms in total. The molecule has 0 spiro atoms. The van der Waals surface area contributed by atoms with E-state index in [1.807, 2.05) is 24.4 Å². The summed E-state index contributed by atoms with van der Waals surface area (Å²) in [6.45, 7) is 7.15. The summed E-state index contributed by atoms with van der Waals surface area (Å²) >= 11 is 0. The van der Waals surface area contributed by atoms with Crippen LogP contribution in [0.4, 0.5) is 10.1 Å². The van der Waals surface area contributed by atoms with Gasteiger partial charge in [0, 0.05) is 13.6 Å². The first-order valence-electron chi connectivity index (χ1n) is 7.58. The lowest BCUT2D eigenvalue weighted by molar-refractivity contribution is 0.552. The van der Waals surface area contributed by atoms with Crippen molar-refractivity contribution < 1.29 is 4.39 Å². The lowest BCUT2D eigenvalue weighted by Gasteiger charge is -2.13. The number of nitrogens with zero attached hydrogens (tertiary/aromatic N) is 2. The van der Waals surface area contributed by atoms with Gasteiger partial charge in [0.15, 0.2) is 0 Å². The van der Waals surface area contributed by atoms with Crippen molar-refractivity contribution in [2.75, 3.05) is 13.6 Å². The number of hydrogen-bond acceptors (Lipinski definition) is 1. The van der Waals surface area contributed by atoms with E-state index in [0.29, 0.717) is 0 Å². The first kappa shape index (κ1) is 16.2. The van der Waals surface area contributed by atoms with Crippen molar-refractivity contribution >= 4 is 12.0 Å². The Hall–Kier alpha value is -2.16. The van der Waals surface area contributed by atoms with Crippen molar-refractivity contribution in [3.05, 3.63) is 64.5 Å². The van der Waals surface area contributed by atoms with Crippen LogP contribution in [0.2, 0.25) is 0 Å². The van der Waals surface area contributed by atoms with Crippen molar-refractivity contribution in [1.82, 2.24) is 4.90 Å². The van der Waals surface area contributed by atoms with Crippen molar-refractivity contribution in [1.29, 1.82) is 0 Å². The molecule has 0 saturated heterocycles. The van der Waals surface area contributed by atoms with Crippen LogP contribution in [0, 0.1) is 19.7 Å². The molecule has 0 unspecified atom stereocenters. The SMILES string of the molecule is CCN(C)/C=N/c1cc(C)cc(Cc2cccc(F)c2)c1C. The Balaban J connectivity index is 2.32. The summed E-state index contributed by atoms with van der Waals surface area (Å²) in [6, 6.07) is 11.0. The molecule has 2 aromatic carbocycles. The maximum atomic E-state index is 13.3. The van der Waals surface area contributed by atoms with E-state index < -0.39 is 0 Å². The third kappa shape index (κ3) is 4.17. The summed E-state index contributed by atoms with van der Waals surface area (Å²) in [7, 11) is 2.00. The van der Waals surface area contributed by atoms with E-state index in [-0.39, 0.29) is 5.82 Å².